The normalized spacial score (nSPS) is 17.2. The van der Waals surface area contributed by atoms with Crippen molar-refractivity contribution in [1.29, 1.82) is 0 Å². The van der Waals surface area contributed by atoms with Gasteiger partial charge in [0.15, 0.2) is 11.7 Å². The molecule has 2 aromatic rings. The van der Waals surface area contributed by atoms with Gasteiger partial charge in [0, 0.05) is 13.5 Å². The molecule has 3 rings (SSSR count). The third-order valence-electron chi connectivity index (χ3n) is 3.37. The van der Waals surface area contributed by atoms with Crippen molar-refractivity contribution in [1.82, 2.24) is 14.4 Å². The number of imidazole rings is 1. The van der Waals surface area contributed by atoms with E-state index in [4.69, 9.17) is 4.74 Å². The first-order chi connectivity index (χ1) is 9.65. The van der Waals surface area contributed by atoms with Crippen molar-refractivity contribution in [2.24, 2.45) is 4.99 Å². The van der Waals surface area contributed by atoms with Crippen LogP contribution in [0.5, 0.6) is 0 Å². The number of ether oxygens (including phenoxy) is 1. The van der Waals surface area contributed by atoms with E-state index in [1.54, 1.807) is 19.3 Å². The first-order valence-electron chi connectivity index (χ1n) is 6.66. The van der Waals surface area contributed by atoms with Gasteiger partial charge >= 0.3 is 0 Å². The molecule has 1 atom stereocenters. The minimum atomic E-state index is -0.345. The van der Waals surface area contributed by atoms with Crippen LogP contribution in [0.15, 0.2) is 15.9 Å². The number of rotatable bonds is 3. The number of aryl methyl sites for hydroxylation is 2. The molecule has 3 heterocycles. The van der Waals surface area contributed by atoms with E-state index in [1.165, 1.54) is 0 Å². The highest BCUT2D eigenvalue weighted by Crippen LogP contribution is 2.10. The maximum Gasteiger partial charge on any atom is 0.296 e. The Hall–Kier alpha value is -2.08. The van der Waals surface area contributed by atoms with E-state index in [9.17, 15) is 4.79 Å². The second-order valence-electron chi connectivity index (χ2n) is 4.79. The summed E-state index contributed by atoms with van der Waals surface area (Å²) in [6.07, 6.45) is 4.96. The van der Waals surface area contributed by atoms with Crippen molar-refractivity contribution in [3.63, 3.8) is 0 Å². The molecule has 0 saturated carbocycles. The summed E-state index contributed by atoms with van der Waals surface area (Å²) in [6, 6.07) is 0. The van der Waals surface area contributed by atoms with Gasteiger partial charge in [0.25, 0.3) is 5.56 Å². The number of hydrogen-bond donors (Lipinski definition) is 0. The molecule has 0 aliphatic carbocycles. The third-order valence-corrected chi connectivity index (χ3v) is 3.37. The van der Waals surface area contributed by atoms with E-state index in [1.807, 2.05) is 11.3 Å². The largest absolute Gasteiger partial charge is 0.356 e. The Labute approximate surface area is 115 Å². The molecule has 0 N–H and O–H groups in total. The molecule has 0 fully saturated rings. The van der Waals surface area contributed by atoms with E-state index in [0.717, 1.165) is 18.7 Å². The Morgan fingerprint density at radius 2 is 2.20 bits per heavy atom. The molecule has 20 heavy (non-hydrogen) atoms. The number of fused-ring (bicyclic) bond motifs is 3. The molecule has 104 valence electrons. The lowest BCUT2D eigenvalue weighted by Gasteiger charge is -2.11. The van der Waals surface area contributed by atoms with E-state index in [2.05, 4.69) is 21.9 Å². The molecular weight excluding hydrogens is 256 g/mol. The predicted molar refractivity (Wildman–Crippen MR) is 74.6 cm³/mol. The molecule has 0 bridgehead atoms. The molecule has 0 spiro atoms. The smallest absolute Gasteiger partial charge is 0.296 e. The van der Waals surface area contributed by atoms with Gasteiger partial charge in [-0.3, -0.25) is 9.20 Å². The molecule has 0 saturated heterocycles. The predicted octanol–water partition coefficient (Wildman–Crippen LogP) is 0.688. The summed E-state index contributed by atoms with van der Waals surface area (Å²) in [7, 11) is 1.60. The Kier molecular flexibility index (Phi) is 3.10. The number of aromatic nitrogens is 3. The fourth-order valence-electron chi connectivity index (χ4n) is 2.49. The molecule has 6 heteroatoms. The summed E-state index contributed by atoms with van der Waals surface area (Å²) in [6.45, 7) is 3.91. The van der Waals surface area contributed by atoms with Crippen molar-refractivity contribution < 1.29 is 4.74 Å². The van der Waals surface area contributed by atoms with Crippen LogP contribution in [0.2, 0.25) is 0 Å². The fraction of sp³-hybridized carbons (Fsp3) is 0.429. The van der Waals surface area contributed by atoms with Crippen LogP contribution in [0, 0.1) is 6.92 Å². The van der Waals surface area contributed by atoms with Crippen LogP contribution >= 0.6 is 0 Å². The van der Waals surface area contributed by atoms with Gasteiger partial charge in [-0.25, -0.2) is 15.0 Å². The van der Waals surface area contributed by atoms with Crippen molar-refractivity contribution >= 4 is 11.6 Å². The Morgan fingerprint density at radius 3 is 2.90 bits per heavy atom. The monoisotopic (exact) mass is 272 g/mol. The first-order valence-corrected chi connectivity index (χ1v) is 6.66. The maximum absolute atomic E-state index is 12.2. The fourth-order valence-corrected chi connectivity index (χ4v) is 2.49. The average molecular weight is 272 g/mol. The zero-order chi connectivity index (χ0) is 14.3. The highest BCUT2D eigenvalue weighted by atomic mass is 16.5. The van der Waals surface area contributed by atoms with Gasteiger partial charge in [0.2, 0.25) is 0 Å². The number of nitrogens with zero attached hydrogens (tertiary/aromatic N) is 4. The van der Waals surface area contributed by atoms with Crippen LogP contribution in [0.25, 0.3) is 11.6 Å². The molecule has 0 radical (unpaired) electrons. The standard InChI is InChI=1S/C14H16N4O2/c1-4-5-10-15-8(2)12-14(19)16-9-6-7-11(20-3)17-13(9)18(10)12/h6-7,11H,4-5H2,1-3H3. The summed E-state index contributed by atoms with van der Waals surface area (Å²) in [4.78, 5) is 25.3. The van der Waals surface area contributed by atoms with Crippen LogP contribution < -0.4 is 11.0 Å². The molecule has 1 aliphatic heterocycles. The lowest BCUT2D eigenvalue weighted by atomic mass is 10.3. The highest BCUT2D eigenvalue weighted by Gasteiger charge is 2.18. The molecule has 1 unspecified atom stereocenters. The van der Waals surface area contributed by atoms with Crippen LogP contribution in [0.3, 0.4) is 0 Å². The van der Waals surface area contributed by atoms with E-state index in [0.29, 0.717) is 22.4 Å². The molecule has 0 amide bonds. The summed E-state index contributed by atoms with van der Waals surface area (Å²) in [5.41, 5.74) is 2.18. The van der Waals surface area contributed by atoms with Gasteiger partial charge < -0.3 is 4.74 Å². The lowest BCUT2D eigenvalue weighted by Crippen LogP contribution is -2.31. The summed E-state index contributed by atoms with van der Waals surface area (Å²) < 4.78 is 7.07. The zero-order valence-corrected chi connectivity index (χ0v) is 11.8. The van der Waals surface area contributed by atoms with Crippen LogP contribution in [-0.2, 0) is 11.2 Å². The number of hydrogen-bond acceptors (Lipinski definition) is 5. The Bertz CT molecular complexity index is 807. The lowest BCUT2D eigenvalue weighted by molar-refractivity contribution is 0.144. The maximum atomic E-state index is 12.2. The first kappa shape index (κ1) is 12.9. The van der Waals surface area contributed by atoms with Crippen LogP contribution in [-0.4, -0.2) is 27.7 Å². The molecule has 0 aromatic carbocycles. The Morgan fingerprint density at radius 1 is 1.40 bits per heavy atom. The van der Waals surface area contributed by atoms with Crippen molar-refractivity contribution in [2.45, 2.75) is 32.9 Å². The third kappa shape index (κ3) is 1.84. The summed E-state index contributed by atoms with van der Waals surface area (Å²) in [5.74, 6) is 0.852. The van der Waals surface area contributed by atoms with E-state index >= 15 is 0 Å². The van der Waals surface area contributed by atoms with Gasteiger partial charge in [0.05, 0.1) is 5.69 Å². The molecular formula is C14H16N4O2. The highest BCUT2D eigenvalue weighted by molar-refractivity contribution is 5.55. The zero-order valence-electron chi connectivity index (χ0n) is 11.8. The van der Waals surface area contributed by atoms with E-state index in [-0.39, 0.29) is 11.8 Å². The minimum Gasteiger partial charge on any atom is -0.356 e. The Balaban J connectivity index is 2.44. The molecule has 6 nitrogen and oxygen atoms in total. The second kappa shape index (κ2) is 4.79. The van der Waals surface area contributed by atoms with Gasteiger partial charge in [0.1, 0.15) is 17.0 Å². The number of methoxy groups -OCH3 is 1. The van der Waals surface area contributed by atoms with Gasteiger partial charge in [-0.2, -0.15) is 0 Å². The van der Waals surface area contributed by atoms with Crippen molar-refractivity contribution in [2.75, 3.05) is 7.11 Å². The van der Waals surface area contributed by atoms with Crippen LogP contribution in [0.4, 0.5) is 0 Å². The topological polar surface area (TPSA) is 68.9 Å². The SMILES string of the molecule is CCCc1nc(C)c2c(=O)nc3c(n12)=NC(OC)C=C3. The second-order valence-corrected chi connectivity index (χ2v) is 4.79. The minimum absolute atomic E-state index is 0.258. The van der Waals surface area contributed by atoms with Crippen LogP contribution in [0.1, 0.15) is 30.6 Å². The molecule has 2 aromatic heterocycles. The summed E-state index contributed by atoms with van der Waals surface area (Å²) >= 11 is 0. The van der Waals surface area contributed by atoms with Crippen molar-refractivity contribution in [3.05, 3.63) is 39.1 Å². The van der Waals surface area contributed by atoms with Crippen molar-refractivity contribution in [3.8, 4) is 0 Å². The van der Waals surface area contributed by atoms with Gasteiger partial charge in [-0.15, -0.1) is 0 Å². The average Bonchev–Trinajstić information content (AvgIpc) is 2.77. The van der Waals surface area contributed by atoms with Gasteiger partial charge in [-0.1, -0.05) is 6.92 Å². The quantitative estimate of drug-likeness (QED) is 0.824. The van der Waals surface area contributed by atoms with Gasteiger partial charge in [-0.05, 0) is 25.5 Å². The molecule has 1 aliphatic rings. The van der Waals surface area contributed by atoms with E-state index < -0.39 is 0 Å². The summed E-state index contributed by atoms with van der Waals surface area (Å²) in [5, 5.41) is 0.